The fourth-order valence-corrected chi connectivity index (χ4v) is 2.56. The van der Waals surface area contributed by atoms with E-state index in [0.29, 0.717) is 6.42 Å². The van der Waals surface area contributed by atoms with Gasteiger partial charge in [-0.2, -0.15) is 0 Å². The van der Waals surface area contributed by atoms with Crippen LogP contribution in [0.15, 0.2) is 83.5 Å². The Labute approximate surface area is 136 Å². The fraction of sp³-hybridized carbons (Fsp3) is 0.150. The molecule has 0 radical (unpaired) electrons. The predicted molar refractivity (Wildman–Crippen MR) is 89.9 cm³/mol. The Bertz CT molecular complexity index is 721. The predicted octanol–water partition coefficient (Wildman–Crippen LogP) is 4.12. The van der Waals surface area contributed by atoms with Gasteiger partial charge in [0, 0.05) is 6.42 Å². The number of carbonyl (C=O) groups excluding carboxylic acids is 1. The van der Waals surface area contributed by atoms with Gasteiger partial charge in [0.25, 0.3) is 0 Å². The molecule has 0 aliphatic carbocycles. The van der Waals surface area contributed by atoms with Gasteiger partial charge in [0.2, 0.25) is 5.91 Å². The van der Waals surface area contributed by atoms with Gasteiger partial charge in [-0.3, -0.25) is 4.79 Å². The van der Waals surface area contributed by atoms with E-state index in [2.05, 4.69) is 5.32 Å². The maximum atomic E-state index is 12.3. The summed E-state index contributed by atoms with van der Waals surface area (Å²) in [6, 6.07) is 23.4. The number of nitrogens with one attached hydrogen (secondary N) is 1. The number of hydrogen-bond acceptors (Lipinski definition) is 2. The zero-order valence-electron chi connectivity index (χ0n) is 12.8. The summed E-state index contributed by atoms with van der Waals surface area (Å²) in [5.41, 5.74) is 2.17. The van der Waals surface area contributed by atoms with Crippen LogP contribution in [0.1, 0.15) is 29.3 Å². The normalized spacial score (nSPS) is 11.8. The molecule has 3 heteroatoms. The Balaban J connectivity index is 1.68. The minimum Gasteiger partial charge on any atom is -0.467 e. The van der Waals surface area contributed by atoms with Crippen LogP contribution < -0.4 is 5.32 Å². The first-order valence-corrected chi connectivity index (χ1v) is 7.74. The van der Waals surface area contributed by atoms with Crippen LogP contribution in [0.5, 0.6) is 0 Å². The molecule has 0 fully saturated rings. The van der Waals surface area contributed by atoms with Crippen molar-refractivity contribution in [1.82, 2.24) is 5.32 Å². The van der Waals surface area contributed by atoms with E-state index in [-0.39, 0.29) is 11.9 Å². The van der Waals surface area contributed by atoms with Crippen LogP contribution in [0.3, 0.4) is 0 Å². The number of carbonyl (C=O) groups is 1. The fourth-order valence-electron chi connectivity index (χ4n) is 2.56. The molecule has 1 N–H and O–H groups in total. The standard InChI is InChI=1S/C20H19NO2/c22-19(14-13-16-8-3-1-4-9-16)21-20(18-12-7-15-23-18)17-10-5-2-6-11-17/h1-12,15,20H,13-14H2,(H,21,22)/t20-/m0/s1. The van der Waals surface area contributed by atoms with Crippen molar-refractivity contribution < 1.29 is 9.21 Å². The van der Waals surface area contributed by atoms with Crippen molar-refractivity contribution in [2.24, 2.45) is 0 Å². The number of aryl methyl sites for hydroxylation is 1. The summed E-state index contributed by atoms with van der Waals surface area (Å²) in [5.74, 6) is 0.753. The second kappa shape index (κ2) is 7.45. The molecule has 1 aromatic heterocycles. The minimum absolute atomic E-state index is 0.0131. The molecule has 0 saturated heterocycles. The average molecular weight is 305 g/mol. The summed E-state index contributed by atoms with van der Waals surface area (Å²) in [6.45, 7) is 0. The van der Waals surface area contributed by atoms with Crippen LogP contribution in [0.25, 0.3) is 0 Å². The molecule has 0 saturated carbocycles. The smallest absolute Gasteiger partial charge is 0.221 e. The maximum absolute atomic E-state index is 12.3. The lowest BCUT2D eigenvalue weighted by atomic mass is 10.0. The number of rotatable bonds is 6. The molecule has 0 aliphatic heterocycles. The number of furan rings is 1. The average Bonchev–Trinajstić information content (AvgIpc) is 3.14. The van der Waals surface area contributed by atoms with Gasteiger partial charge in [0.05, 0.1) is 6.26 Å². The molecule has 23 heavy (non-hydrogen) atoms. The van der Waals surface area contributed by atoms with E-state index in [0.717, 1.165) is 23.3 Å². The topological polar surface area (TPSA) is 42.2 Å². The molecule has 3 nitrogen and oxygen atoms in total. The van der Waals surface area contributed by atoms with Gasteiger partial charge in [-0.05, 0) is 29.7 Å². The van der Waals surface area contributed by atoms with Crippen LogP contribution in [-0.4, -0.2) is 5.91 Å². The Kier molecular flexibility index (Phi) is 4.89. The van der Waals surface area contributed by atoms with Gasteiger partial charge in [0.1, 0.15) is 11.8 Å². The lowest BCUT2D eigenvalue weighted by molar-refractivity contribution is -0.121. The van der Waals surface area contributed by atoms with Gasteiger partial charge in [0.15, 0.2) is 0 Å². The summed E-state index contributed by atoms with van der Waals surface area (Å²) in [5, 5.41) is 3.07. The molecule has 3 aromatic rings. The highest BCUT2D eigenvalue weighted by Crippen LogP contribution is 2.22. The lowest BCUT2D eigenvalue weighted by Crippen LogP contribution is -2.29. The third kappa shape index (κ3) is 4.10. The van der Waals surface area contributed by atoms with E-state index in [1.165, 1.54) is 0 Å². The maximum Gasteiger partial charge on any atom is 0.221 e. The molecule has 2 aromatic carbocycles. The first kappa shape index (κ1) is 15.1. The van der Waals surface area contributed by atoms with Crippen LogP contribution in [0.2, 0.25) is 0 Å². The van der Waals surface area contributed by atoms with Crippen LogP contribution >= 0.6 is 0 Å². The SMILES string of the molecule is O=C(CCc1ccccc1)N[C@@H](c1ccccc1)c1ccco1. The summed E-state index contributed by atoms with van der Waals surface area (Å²) < 4.78 is 5.50. The van der Waals surface area contributed by atoms with Crippen molar-refractivity contribution in [2.75, 3.05) is 0 Å². The Morgan fingerprint density at radius 2 is 1.61 bits per heavy atom. The summed E-state index contributed by atoms with van der Waals surface area (Å²) >= 11 is 0. The van der Waals surface area contributed by atoms with Gasteiger partial charge in [-0.25, -0.2) is 0 Å². The van der Waals surface area contributed by atoms with E-state index in [9.17, 15) is 4.79 Å². The van der Waals surface area contributed by atoms with Crippen molar-refractivity contribution in [3.05, 3.63) is 95.9 Å². The summed E-state index contributed by atoms with van der Waals surface area (Å²) in [6.07, 6.45) is 2.81. The second-order valence-corrected chi connectivity index (χ2v) is 5.41. The van der Waals surface area contributed by atoms with Crippen molar-refractivity contribution >= 4 is 5.91 Å². The van der Waals surface area contributed by atoms with Gasteiger partial charge < -0.3 is 9.73 Å². The zero-order valence-corrected chi connectivity index (χ0v) is 12.8. The molecular formula is C20H19NO2. The van der Waals surface area contributed by atoms with Crippen molar-refractivity contribution in [3.63, 3.8) is 0 Å². The van der Waals surface area contributed by atoms with E-state index in [1.807, 2.05) is 72.8 Å². The van der Waals surface area contributed by atoms with E-state index in [1.54, 1.807) is 6.26 Å². The van der Waals surface area contributed by atoms with E-state index >= 15 is 0 Å². The molecule has 3 rings (SSSR count). The van der Waals surface area contributed by atoms with Crippen LogP contribution in [-0.2, 0) is 11.2 Å². The highest BCUT2D eigenvalue weighted by molar-refractivity contribution is 5.77. The largest absolute Gasteiger partial charge is 0.467 e. The quantitative estimate of drug-likeness (QED) is 0.744. The Morgan fingerprint density at radius 1 is 0.913 bits per heavy atom. The van der Waals surface area contributed by atoms with Crippen LogP contribution in [0, 0.1) is 0 Å². The first-order valence-electron chi connectivity index (χ1n) is 7.74. The molecule has 1 heterocycles. The summed E-state index contributed by atoms with van der Waals surface area (Å²) in [7, 11) is 0. The van der Waals surface area contributed by atoms with Gasteiger partial charge >= 0.3 is 0 Å². The molecule has 0 bridgehead atoms. The third-order valence-electron chi connectivity index (χ3n) is 3.75. The highest BCUT2D eigenvalue weighted by atomic mass is 16.3. The van der Waals surface area contributed by atoms with Crippen molar-refractivity contribution in [2.45, 2.75) is 18.9 Å². The Hall–Kier alpha value is -2.81. The molecule has 0 aliphatic rings. The van der Waals surface area contributed by atoms with Crippen molar-refractivity contribution in [3.8, 4) is 0 Å². The van der Waals surface area contributed by atoms with Crippen molar-refractivity contribution in [1.29, 1.82) is 0 Å². The number of benzene rings is 2. The molecular weight excluding hydrogens is 286 g/mol. The molecule has 0 unspecified atom stereocenters. The number of amides is 1. The molecule has 116 valence electrons. The van der Waals surface area contributed by atoms with E-state index in [4.69, 9.17) is 4.42 Å². The monoisotopic (exact) mass is 305 g/mol. The number of hydrogen-bond donors (Lipinski definition) is 1. The van der Waals surface area contributed by atoms with Gasteiger partial charge in [-0.15, -0.1) is 0 Å². The van der Waals surface area contributed by atoms with Crippen LogP contribution in [0.4, 0.5) is 0 Å². The van der Waals surface area contributed by atoms with Gasteiger partial charge in [-0.1, -0.05) is 60.7 Å². The lowest BCUT2D eigenvalue weighted by Gasteiger charge is -2.17. The second-order valence-electron chi connectivity index (χ2n) is 5.41. The molecule has 0 spiro atoms. The highest BCUT2D eigenvalue weighted by Gasteiger charge is 2.18. The Morgan fingerprint density at radius 3 is 2.26 bits per heavy atom. The molecule has 1 atom stereocenters. The first-order chi connectivity index (χ1) is 11.3. The third-order valence-corrected chi connectivity index (χ3v) is 3.75. The summed E-state index contributed by atoms with van der Waals surface area (Å²) in [4.78, 5) is 12.3. The minimum atomic E-state index is -0.255. The zero-order chi connectivity index (χ0) is 15.9. The molecule has 1 amide bonds. The van der Waals surface area contributed by atoms with E-state index < -0.39 is 0 Å².